The van der Waals surface area contributed by atoms with Gasteiger partial charge in [0.25, 0.3) is 0 Å². The minimum Gasteiger partial charge on any atom is -0.396 e. The van der Waals surface area contributed by atoms with Gasteiger partial charge in [0, 0.05) is 35.8 Å². The van der Waals surface area contributed by atoms with Crippen LogP contribution in [0.3, 0.4) is 0 Å². The Morgan fingerprint density at radius 3 is 2.83 bits per heavy atom. The van der Waals surface area contributed by atoms with Gasteiger partial charge in [-0.15, -0.1) is 11.3 Å². The maximum absolute atomic E-state index is 8.84. The van der Waals surface area contributed by atoms with Crippen LogP contribution >= 0.6 is 11.3 Å². The number of nitrogens with zero attached hydrogens (tertiary/aromatic N) is 1. The van der Waals surface area contributed by atoms with Crippen LogP contribution in [0.1, 0.15) is 18.2 Å². The fourth-order valence-electron chi connectivity index (χ4n) is 1.67. The fourth-order valence-corrected chi connectivity index (χ4v) is 2.54. The summed E-state index contributed by atoms with van der Waals surface area (Å²) in [5.41, 5.74) is 1.16. The van der Waals surface area contributed by atoms with Gasteiger partial charge in [-0.1, -0.05) is 30.3 Å². The summed E-state index contributed by atoms with van der Waals surface area (Å²) in [5.74, 6) is 0. The molecule has 1 aromatic heterocycles. The van der Waals surface area contributed by atoms with E-state index < -0.39 is 0 Å². The summed E-state index contributed by atoms with van der Waals surface area (Å²) in [5, 5.41) is 13.3. The lowest BCUT2D eigenvalue weighted by atomic mass is 10.2. The normalized spacial score (nSPS) is 12.6. The van der Waals surface area contributed by atoms with Crippen molar-refractivity contribution in [1.29, 1.82) is 0 Å². The predicted octanol–water partition coefficient (Wildman–Crippen LogP) is 2.67. The Bertz CT molecular complexity index is 470. The molecule has 96 valence electrons. The molecule has 0 aliphatic rings. The summed E-state index contributed by atoms with van der Waals surface area (Å²) >= 11 is 1.71. The lowest BCUT2D eigenvalue weighted by molar-refractivity contribution is 0.269. The third-order valence-electron chi connectivity index (χ3n) is 2.76. The molecule has 1 aromatic carbocycles. The average molecular weight is 262 g/mol. The van der Waals surface area contributed by atoms with Crippen molar-refractivity contribution in [2.45, 2.75) is 25.9 Å². The van der Waals surface area contributed by atoms with Crippen LogP contribution in [-0.4, -0.2) is 22.7 Å². The minimum absolute atomic E-state index is 0.228. The molecule has 1 atom stereocenters. The second kappa shape index (κ2) is 6.64. The van der Waals surface area contributed by atoms with Gasteiger partial charge in [-0.2, -0.15) is 0 Å². The Labute approximate surface area is 112 Å². The van der Waals surface area contributed by atoms with E-state index in [2.05, 4.69) is 29.4 Å². The lowest BCUT2D eigenvalue weighted by Gasteiger charge is -2.10. The van der Waals surface area contributed by atoms with Crippen molar-refractivity contribution in [1.82, 2.24) is 10.3 Å². The van der Waals surface area contributed by atoms with E-state index in [1.807, 2.05) is 24.4 Å². The minimum atomic E-state index is 0.228. The van der Waals surface area contributed by atoms with E-state index in [0.717, 1.165) is 23.5 Å². The number of aliphatic hydroxyl groups excluding tert-OH is 1. The number of aromatic nitrogens is 1. The molecule has 0 saturated carbocycles. The number of thiazole rings is 1. The van der Waals surface area contributed by atoms with Gasteiger partial charge in [0.15, 0.2) is 0 Å². The Balaban J connectivity index is 1.95. The van der Waals surface area contributed by atoms with Crippen molar-refractivity contribution in [3.05, 3.63) is 41.4 Å². The first-order chi connectivity index (χ1) is 8.79. The van der Waals surface area contributed by atoms with Crippen LogP contribution in [0, 0.1) is 0 Å². The Morgan fingerprint density at radius 2 is 2.11 bits per heavy atom. The highest BCUT2D eigenvalue weighted by Crippen LogP contribution is 2.24. The summed E-state index contributed by atoms with van der Waals surface area (Å²) in [6.07, 6.45) is 2.70. The van der Waals surface area contributed by atoms with Crippen LogP contribution < -0.4 is 5.32 Å². The molecule has 0 radical (unpaired) electrons. The Kier molecular flexibility index (Phi) is 4.87. The molecule has 1 heterocycles. The van der Waals surface area contributed by atoms with E-state index in [9.17, 15) is 0 Å². The smallest absolute Gasteiger partial charge is 0.123 e. The number of hydrogen-bond donors (Lipinski definition) is 2. The van der Waals surface area contributed by atoms with Gasteiger partial charge in [-0.3, -0.25) is 0 Å². The SMILES string of the molecule is CC(CCO)NCc1cnc(-c2ccccc2)s1. The highest BCUT2D eigenvalue weighted by atomic mass is 32.1. The topological polar surface area (TPSA) is 45.1 Å². The van der Waals surface area contributed by atoms with Gasteiger partial charge >= 0.3 is 0 Å². The molecule has 3 nitrogen and oxygen atoms in total. The van der Waals surface area contributed by atoms with Crippen LogP contribution in [0.2, 0.25) is 0 Å². The molecule has 0 saturated heterocycles. The van der Waals surface area contributed by atoms with Crippen molar-refractivity contribution < 1.29 is 5.11 Å². The maximum atomic E-state index is 8.84. The first-order valence-electron chi connectivity index (χ1n) is 6.14. The first-order valence-corrected chi connectivity index (χ1v) is 6.95. The molecule has 18 heavy (non-hydrogen) atoms. The molecule has 2 rings (SSSR count). The quantitative estimate of drug-likeness (QED) is 0.841. The van der Waals surface area contributed by atoms with E-state index in [1.165, 1.54) is 4.88 Å². The van der Waals surface area contributed by atoms with E-state index in [0.29, 0.717) is 6.04 Å². The molecule has 4 heteroatoms. The van der Waals surface area contributed by atoms with E-state index >= 15 is 0 Å². The lowest BCUT2D eigenvalue weighted by Crippen LogP contribution is -2.25. The third-order valence-corrected chi connectivity index (χ3v) is 3.81. The first kappa shape index (κ1) is 13.2. The Hall–Kier alpha value is -1.23. The standard InChI is InChI=1S/C14H18N2OS/c1-11(7-8-17)15-9-13-10-16-14(18-13)12-5-3-2-4-6-12/h2-6,10-11,15,17H,7-9H2,1H3. The summed E-state index contributed by atoms with van der Waals surface area (Å²) < 4.78 is 0. The van der Waals surface area contributed by atoms with Crippen molar-refractivity contribution >= 4 is 11.3 Å². The van der Waals surface area contributed by atoms with Crippen LogP contribution in [0.25, 0.3) is 10.6 Å². The zero-order valence-corrected chi connectivity index (χ0v) is 11.3. The van der Waals surface area contributed by atoms with Gasteiger partial charge in [-0.25, -0.2) is 4.98 Å². The average Bonchev–Trinajstić information content (AvgIpc) is 2.87. The molecule has 0 spiro atoms. The number of hydrogen-bond acceptors (Lipinski definition) is 4. The monoisotopic (exact) mass is 262 g/mol. The third kappa shape index (κ3) is 3.63. The molecule has 0 bridgehead atoms. The van der Waals surface area contributed by atoms with Crippen LogP contribution in [0.15, 0.2) is 36.5 Å². The highest BCUT2D eigenvalue weighted by Gasteiger charge is 2.05. The zero-order chi connectivity index (χ0) is 12.8. The summed E-state index contributed by atoms with van der Waals surface area (Å²) in [6, 6.07) is 10.5. The number of rotatable bonds is 6. The second-order valence-corrected chi connectivity index (χ2v) is 5.41. The molecule has 0 aliphatic heterocycles. The van der Waals surface area contributed by atoms with Gasteiger partial charge in [0.1, 0.15) is 5.01 Å². The number of nitrogens with one attached hydrogen (secondary N) is 1. The Morgan fingerprint density at radius 1 is 1.33 bits per heavy atom. The summed E-state index contributed by atoms with van der Waals surface area (Å²) in [4.78, 5) is 5.66. The van der Waals surface area contributed by atoms with Crippen molar-refractivity contribution in [3.8, 4) is 10.6 Å². The molecular formula is C14H18N2OS. The van der Waals surface area contributed by atoms with Crippen molar-refractivity contribution in [2.24, 2.45) is 0 Å². The van der Waals surface area contributed by atoms with Gasteiger partial charge in [-0.05, 0) is 13.3 Å². The summed E-state index contributed by atoms with van der Waals surface area (Å²) in [6.45, 7) is 3.12. The van der Waals surface area contributed by atoms with Gasteiger partial charge in [0.05, 0.1) is 0 Å². The molecule has 2 aromatic rings. The van der Waals surface area contributed by atoms with E-state index in [1.54, 1.807) is 11.3 Å². The van der Waals surface area contributed by atoms with Crippen molar-refractivity contribution in [2.75, 3.05) is 6.61 Å². The molecular weight excluding hydrogens is 244 g/mol. The van der Waals surface area contributed by atoms with E-state index in [4.69, 9.17) is 5.11 Å². The number of benzene rings is 1. The van der Waals surface area contributed by atoms with Crippen LogP contribution in [0.5, 0.6) is 0 Å². The van der Waals surface area contributed by atoms with E-state index in [-0.39, 0.29) is 6.61 Å². The molecule has 2 N–H and O–H groups in total. The van der Waals surface area contributed by atoms with Crippen LogP contribution in [-0.2, 0) is 6.54 Å². The van der Waals surface area contributed by atoms with Crippen molar-refractivity contribution in [3.63, 3.8) is 0 Å². The zero-order valence-electron chi connectivity index (χ0n) is 10.5. The summed E-state index contributed by atoms with van der Waals surface area (Å²) in [7, 11) is 0. The second-order valence-electron chi connectivity index (χ2n) is 4.29. The van der Waals surface area contributed by atoms with Gasteiger partial charge in [0.2, 0.25) is 0 Å². The van der Waals surface area contributed by atoms with Gasteiger partial charge < -0.3 is 10.4 Å². The maximum Gasteiger partial charge on any atom is 0.123 e. The molecule has 1 unspecified atom stereocenters. The molecule has 0 aliphatic carbocycles. The molecule has 0 fully saturated rings. The largest absolute Gasteiger partial charge is 0.396 e. The fraction of sp³-hybridized carbons (Fsp3) is 0.357. The predicted molar refractivity (Wildman–Crippen MR) is 75.6 cm³/mol. The van der Waals surface area contributed by atoms with Crippen LogP contribution in [0.4, 0.5) is 0 Å². The highest BCUT2D eigenvalue weighted by molar-refractivity contribution is 7.15. The molecule has 0 amide bonds. The number of aliphatic hydroxyl groups is 1.